The van der Waals surface area contributed by atoms with Gasteiger partial charge < -0.3 is 53.2 Å². The fraction of sp³-hybridized carbons (Fsp3) is 0.792. The molecule has 10 unspecified atom stereocenters. The number of aliphatic hydroxyl groups excluding tert-OH is 3. The lowest BCUT2D eigenvalue weighted by atomic mass is 9.96. The number of alkyl halides is 1. The average molecular weight is 659 g/mol. The predicted octanol–water partition coefficient (Wildman–Crippen LogP) is -1.39. The molecule has 0 aromatic rings. The van der Waals surface area contributed by atoms with Crippen LogP contribution in [-0.4, -0.2) is 124 Å². The van der Waals surface area contributed by atoms with Crippen LogP contribution in [-0.2, 0) is 61.9 Å². The van der Waals surface area contributed by atoms with Crippen molar-refractivity contribution >= 4 is 45.8 Å². The SMILES string of the molecule is CC(=O)OCC1OC(OC2C(COC(C)=O)OC(OC(=O)C(C)(C)Br)C(OC(C)=O)C2O)C(OC(C)=O)C(O)C1O. The van der Waals surface area contributed by atoms with Crippen molar-refractivity contribution in [2.24, 2.45) is 0 Å². The van der Waals surface area contributed by atoms with E-state index in [0.29, 0.717) is 0 Å². The first-order valence-electron chi connectivity index (χ1n) is 12.4. The van der Waals surface area contributed by atoms with Crippen molar-refractivity contribution in [2.75, 3.05) is 13.2 Å². The molecule has 2 aliphatic heterocycles. The molecule has 2 aliphatic rings. The number of hydrogen-bond donors (Lipinski definition) is 3. The Kier molecular flexibility index (Phi) is 12.4. The van der Waals surface area contributed by atoms with Gasteiger partial charge in [0, 0.05) is 27.7 Å². The molecule has 2 heterocycles. The Bertz CT molecular complexity index is 962. The summed E-state index contributed by atoms with van der Waals surface area (Å²) >= 11 is 3.14. The van der Waals surface area contributed by atoms with Gasteiger partial charge >= 0.3 is 29.8 Å². The minimum absolute atomic E-state index is 0.531. The van der Waals surface area contributed by atoms with Gasteiger partial charge in [-0.2, -0.15) is 0 Å². The summed E-state index contributed by atoms with van der Waals surface area (Å²) in [6, 6.07) is 0. The molecule has 3 N–H and O–H groups in total. The monoisotopic (exact) mass is 658 g/mol. The maximum absolute atomic E-state index is 12.6. The number of carbonyl (C=O) groups excluding carboxylic acids is 5. The standard InChI is InChI=1S/C24H35BrO16/c1-9(26)34-7-13-15(30)16(31)19(36-11(3)28)21(38-13)40-18-14(8-35-10(2)27)39-22(41-23(33)24(5,6)25)20(17(18)32)37-12(4)29/h13-22,30-32H,7-8H2,1-6H3. The van der Waals surface area contributed by atoms with E-state index in [4.69, 9.17) is 37.9 Å². The molecule has 2 fully saturated rings. The fourth-order valence-electron chi connectivity index (χ4n) is 3.88. The van der Waals surface area contributed by atoms with Crippen LogP contribution >= 0.6 is 15.9 Å². The van der Waals surface area contributed by atoms with Gasteiger partial charge in [-0.3, -0.25) is 24.0 Å². The minimum Gasteiger partial charge on any atom is -0.463 e. The molecular weight excluding hydrogens is 624 g/mol. The van der Waals surface area contributed by atoms with E-state index in [0.717, 1.165) is 27.7 Å². The zero-order chi connectivity index (χ0) is 31.2. The second-order valence-corrected chi connectivity index (χ2v) is 11.8. The minimum atomic E-state index is -1.85. The Hall–Kier alpha value is -2.41. The van der Waals surface area contributed by atoms with Gasteiger partial charge in [-0.15, -0.1) is 0 Å². The molecule has 16 nitrogen and oxygen atoms in total. The van der Waals surface area contributed by atoms with Crippen molar-refractivity contribution in [1.82, 2.24) is 0 Å². The lowest BCUT2D eigenvalue weighted by Gasteiger charge is -2.47. The highest BCUT2D eigenvalue weighted by atomic mass is 79.9. The van der Waals surface area contributed by atoms with Gasteiger partial charge in [0.15, 0.2) is 18.5 Å². The topological polar surface area (TPSA) is 220 Å². The lowest BCUT2D eigenvalue weighted by molar-refractivity contribution is -0.357. The van der Waals surface area contributed by atoms with Crippen LogP contribution in [0.2, 0.25) is 0 Å². The van der Waals surface area contributed by atoms with Gasteiger partial charge in [-0.05, 0) is 13.8 Å². The maximum Gasteiger partial charge on any atom is 0.324 e. The molecule has 234 valence electrons. The molecule has 0 radical (unpaired) electrons. The number of halogens is 1. The van der Waals surface area contributed by atoms with Crippen LogP contribution < -0.4 is 0 Å². The van der Waals surface area contributed by atoms with E-state index in [9.17, 15) is 39.3 Å². The van der Waals surface area contributed by atoms with Crippen LogP contribution in [0.25, 0.3) is 0 Å². The molecule has 0 aromatic carbocycles. The third-order valence-electron chi connectivity index (χ3n) is 5.77. The number of rotatable bonds is 10. The smallest absolute Gasteiger partial charge is 0.324 e. The summed E-state index contributed by atoms with van der Waals surface area (Å²) < 4.78 is 41.6. The molecule has 41 heavy (non-hydrogen) atoms. The van der Waals surface area contributed by atoms with Crippen molar-refractivity contribution in [2.45, 2.75) is 107 Å². The molecule has 0 amide bonds. The largest absolute Gasteiger partial charge is 0.463 e. The number of carbonyl (C=O) groups is 5. The molecule has 0 bridgehead atoms. The number of hydrogen-bond acceptors (Lipinski definition) is 16. The van der Waals surface area contributed by atoms with Gasteiger partial charge in [0.1, 0.15) is 54.2 Å². The Morgan fingerprint density at radius 2 is 1.12 bits per heavy atom. The van der Waals surface area contributed by atoms with Crippen LogP contribution in [0.3, 0.4) is 0 Å². The van der Waals surface area contributed by atoms with Gasteiger partial charge in [0.25, 0.3) is 0 Å². The number of aliphatic hydroxyl groups is 3. The summed E-state index contributed by atoms with van der Waals surface area (Å²) in [6.45, 7) is 6.09. The highest BCUT2D eigenvalue weighted by molar-refractivity contribution is 9.10. The van der Waals surface area contributed by atoms with Gasteiger partial charge in [0.2, 0.25) is 6.29 Å². The highest BCUT2D eigenvalue weighted by Gasteiger charge is 2.55. The lowest BCUT2D eigenvalue weighted by Crippen LogP contribution is -2.66. The van der Waals surface area contributed by atoms with Crippen LogP contribution in [0.1, 0.15) is 41.5 Å². The number of esters is 5. The molecule has 0 aliphatic carbocycles. The second kappa shape index (κ2) is 14.7. The highest BCUT2D eigenvalue weighted by Crippen LogP contribution is 2.33. The van der Waals surface area contributed by atoms with E-state index in [1.54, 1.807) is 0 Å². The molecule has 17 heteroatoms. The van der Waals surface area contributed by atoms with Gasteiger partial charge in [-0.25, -0.2) is 0 Å². The zero-order valence-corrected chi connectivity index (χ0v) is 24.8. The van der Waals surface area contributed by atoms with Crippen molar-refractivity contribution < 1.29 is 77.2 Å². The maximum atomic E-state index is 12.6. The third kappa shape index (κ3) is 9.83. The Morgan fingerprint density at radius 1 is 0.659 bits per heavy atom. The van der Waals surface area contributed by atoms with E-state index in [1.807, 2.05) is 0 Å². The van der Waals surface area contributed by atoms with Crippen molar-refractivity contribution in [3.8, 4) is 0 Å². The van der Waals surface area contributed by atoms with Crippen LogP contribution in [0.5, 0.6) is 0 Å². The van der Waals surface area contributed by atoms with Crippen molar-refractivity contribution in [3.05, 3.63) is 0 Å². The van der Waals surface area contributed by atoms with E-state index in [-0.39, 0.29) is 0 Å². The van der Waals surface area contributed by atoms with E-state index >= 15 is 0 Å². The van der Waals surface area contributed by atoms with Gasteiger partial charge in [-0.1, -0.05) is 15.9 Å². The summed E-state index contributed by atoms with van der Waals surface area (Å²) in [5.74, 6) is -4.10. The quantitative estimate of drug-likeness (QED) is 0.140. The Balaban J connectivity index is 2.45. The Morgan fingerprint density at radius 3 is 1.59 bits per heavy atom. The second-order valence-electron chi connectivity index (χ2n) is 9.79. The molecule has 2 saturated heterocycles. The summed E-state index contributed by atoms with van der Waals surface area (Å²) in [4.78, 5) is 59.0. The molecule has 10 atom stereocenters. The third-order valence-corrected chi connectivity index (χ3v) is 6.09. The van der Waals surface area contributed by atoms with Gasteiger partial charge in [0.05, 0.1) is 0 Å². The average Bonchev–Trinajstić information content (AvgIpc) is 2.84. The molecule has 0 saturated carbocycles. The summed E-state index contributed by atoms with van der Waals surface area (Å²) in [6.07, 6.45) is -16.5. The molecular formula is C24H35BrO16. The first-order valence-corrected chi connectivity index (χ1v) is 13.2. The zero-order valence-electron chi connectivity index (χ0n) is 23.2. The number of ether oxygens (including phenoxy) is 8. The van der Waals surface area contributed by atoms with E-state index in [2.05, 4.69) is 15.9 Å². The summed E-state index contributed by atoms with van der Waals surface area (Å²) in [7, 11) is 0. The first kappa shape index (κ1) is 34.8. The van der Waals surface area contributed by atoms with Crippen LogP contribution in [0.4, 0.5) is 0 Å². The summed E-state index contributed by atoms with van der Waals surface area (Å²) in [5, 5.41) is 32.5. The van der Waals surface area contributed by atoms with Crippen LogP contribution in [0, 0.1) is 0 Å². The van der Waals surface area contributed by atoms with E-state index in [1.165, 1.54) is 13.8 Å². The van der Waals surface area contributed by atoms with Crippen molar-refractivity contribution in [1.29, 1.82) is 0 Å². The molecule has 0 aromatic heterocycles. The fourth-order valence-corrected chi connectivity index (χ4v) is 3.97. The molecule has 2 rings (SSSR count). The molecule has 0 spiro atoms. The van der Waals surface area contributed by atoms with E-state index < -0.39 is 109 Å². The van der Waals surface area contributed by atoms with Crippen molar-refractivity contribution in [3.63, 3.8) is 0 Å². The Labute approximate surface area is 243 Å². The summed E-state index contributed by atoms with van der Waals surface area (Å²) in [5.41, 5.74) is 0. The normalized spacial score (nSPS) is 33.7. The van der Waals surface area contributed by atoms with Crippen LogP contribution in [0.15, 0.2) is 0 Å². The predicted molar refractivity (Wildman–Crippen MR) is 134 cm³/mol. The first-order chi connectivity index (χ1) is 18.9.